The van der Waals surface area contributed by atoms with E-state index >= 15 is 0 Å². The number of carbonyl (C=O) groups is 1. The van der Waals surface area contributed by atoms with Crippen LogP contribution < -0.4 is 0 Å². The zero-order valence-corrected chi connectivity index (χ0v) is 9.40. The Bertz CT molecular complexity index is 155. The minimum Gasteiger partial charge on any atom is -0.280 e. The van der Waals surface area contributed by atoms with Gasteiger partial charge in [0.25, 0.3) is 0 Å². The molecule has 1 unspecified atom stereocenters. The molecule has 0 N–H and O–H groups in total. The predicted octanol–water partition coefficient (Wildman–Crippen LogP) is 3.49. The monoisotopic (exact) mass is 252 g/mol. The van der Waals surface area contributed by atoms with E-state index in [9.17, 15) is 4.79 Å². The summed E-state index contributed by atoms with van der Waals surface area (Å²) >= 11 is 8.66. The topological polar surface area (TPSA) is 17.1 Å². The van der Waals surface area contributed by atoms with Crippen molar-refractivity contribution >= 4 is 32.8 Å². The Morgan fingerprint density at radius 2 is 2.00 bits per heavy atom. The lowest BCUT2D eigenvalue weighted by atomic mass is 9.86. The van der Waals surface area contributed by atoms with Crippen molar-refractivity contribution in [3.05, 3.63) is 0 Å². The molecular formula is C9H14BrClO. The Kier molecular flexibility index (Phi) is 4.59. The molecule has 1 aliphatic rings. The van der Waals surface area contributed by atoms with E-state index < -0.39 is 0 Å². The molecule has 1 rings (SSSR count). The Balaban J connectivity index is 2.24. The van der Waals surface area contributed by atoms with Crippen LogP contribution in [0.15, 0.2) is 0 Å². The van der Waals surface area contributed by atoms with E-state index in [4.69, 9.17) is 11.6 Å². The van der Waals surface area contributed by atoms with Gasteiger partial charge in [-0.2, -0.15) is 0 Å². The van der Waals surface area contributed by atoms with Gasteiger partial charge < -0.3 is 0 Å². The molecule has 0 amide bonds. The van der Waals surface area contributed by atoms with E-state index in [2.05, 4.69) is 15.9 Å². The first-order valence-electron chi connectivity index (χ1n) is 4.53. The van der Waals surface area contributed by atoms with Crippen LogP contribution in [0.1, 0.15) is 38.5 Å². The second-order valence-corrected chi connectivity index (χ2v) is 4.99. The molecule has 1 atom stereocenters. The normalized spacial score (nSPS) is 22.2. The highest BCUT2D eigenvalue weighted by Crippen LogP contribution is 2.29. The van der Waals surface area contributed by atoms with Crippen LogP contribution in [0.25, 0.3) is 0 Å². The van der Waals surface area contributed by atoms with Gasteiger partial charge in [-0.05, 0) is 23.9 Å². The van der Waals surface area contributed by atoms with Crippen molar-refractivity contribution in [3.8, 4) is 0 Å². The van der Waals surface area contributed by atoms with E-state index in [0.717, 1.165) is 6.42 Å². The Morgan fingerprint density at radius 1 is 1.42 bits per heavy atom. The number of carbonyl (C=O) groups excluding carboxylic acids is 1. The molecule has 0 aromatic rings. The van der Waals surface area contributed by atoms with Crippen molar-refractivity contribution in [2.24, 2.45) is 5.92 Å². The summed E-state index contributed by atoms with van der Waals surface area (Å²) in [5.41, 5.74) is 0. The van der Waals surface area contributed by atoms with Crippen LogP contribution in [0, 0.1) is 5.92 Å². The van der Waals surface area contributed by atoms with Crippen molar-refractivity contribution in [1.82, 2.24) is 0 Å². The quantitative estimate of drug-likeness (QED) is 0.556. The van der Waals surface area contributed by atoms with Gasteiger partial charge in [-0.1, -0.05) is 48.0 Å². The molecule has 70 valence electrons. The molecule has 0 saturated heterocycles. The van der Waals surface area contributed by atoms with E-state index in [1.54, 1.807) is 0 Å². The summed E-state index contributed by atoms with van der Waals surface area (Å²) < 4.78 is 0. The van der Waals surface area contributed by atoms with Gasteiger partial charge in [-0.3, -0.25) is 4.79 Å². The maximum absolute atomic E-state index is 10.7. The minimum absolute atomic E-state index is 0.123. The Labute approximate surface area is 87.0 Å². The molecule has 0 radical (unpaired) electrons. The number of rotatable bonds is 3. The van der Waals surface area contributed by atoms with Crippen molar-refractivity contribution in [3.63, 3.8) is 0 Å². The highest BCUT2D eigenvalue weighted by molar-refractivity contribution is 9.10. The van der Waals surface area contributed by atoms with Gasteiger partial charge >= 0.3 is 0 Å². The van der Waals surface area contributed by atoms with Gasteiger partial charge in [-0.25, -0.2) is 0 Å². The average molecular weight is 254 g/mol. The molecule has 0 aliphatic heterocycles. The minimum atomic E-state index is -0.249. The smallest absolute Gasteiger partial charge is 0.235 e. The van der Waals surface area contributed by atoms with E-state index in [0.29, 0.717) is 5.92 Å². The molecule has 0 spiro atoms. The molecule has 1 saturated carbocycles. The van der Waals surface area contributed by atoms with Gasteiger partial charge in [0, 0.05) is 0 Å². The lowest BCUT2D eigenvalue weighted by molar-refractivity contribution is -0.111. The van der Waals surface area contributed by atoms with Crippen LogP contribution in [-0.4, -0.2) is 10.1 Å². The second kappa shape index (κ2) is 5.23. The Morgan fingerprint density at radius 3 is 2.50 bits per heavy atom. The summed E-state index contributed by atoms with van der Waals surface area (Å²) in [6.07, 6.45) is 7.46. The zero-order valence-electron chi connectivity index (χ0n) is 7.06. The van der Waals surface area contributed by atoms with Crippen LogP contribution in [0.2, 0.25) is 0 Å². The fourth-order valence-corrected chi connectivity index (χ4v) is 2.43. The standard InChI is InChI=1S/C9H14BrClO/c10-8(9(11)12)6-7-4-2-1-3-5-7/h7-8H,1-6H2. The van der Waals surface area contributed by atoms with Gasteiger partial charge in [0.05, 0.1) is 4.83 Å². The molecule has 1 aliphatic carbocycles. The van der Waals surface area contributed by atoms with Crippen molar-refractivity contribution in [2.75, 3.05) is 0 Å². The van der Waals surface area contributed by atoms with E-state index in [1.165, 1.54) is 32.1 Å². The summed E-state index contributed by atoms with van der Waals surface area (Å²) in [7, 11) is 0. The first kappa shape index (κ1) is 10.5. The maximum Gasteiger partial charge on any atom is 0.235 e. The van der Waals surface area contributed by atoms with Crippen molar-refractivity contribution in [2.45, 2.75) is 43.4 Å². The number of hydrogen-bond donors (Lipinski definition) is 0. The highest BCUT2D eigenvalue weighted by atomic mass is 79.9. The molecule has 0 bridgehead atoms. The third-order valence-electron chi connectivity index (χ3n) is 2.51. The summed E-state index contributed by atoms with van der Waals surface area (Å²) in [6.45, 7) is 0. The molecule has 12 heavy (non-hydrogen) atoms. The second-order valence-electron chi connectivity index (χ2n) is 3.51. The number of hydrogen-bond acceptors (Lipinski definition) is 1. The van der Waals surface area contributed by atoms with Gasteiger partial charge in [0.2, 0.25) is 5.24 Å². The lowest BCUT2D eigenvalue weighted by Gasteiger charge is -2.22. The SMILES string of the molecule is O=C(Cl)C(Br)CC1CCCCC1. The molecule has 0 heterocycles. The molecular weight excluding hydrogens is 239 g/mol. The van der Waals surface area contributed by atoms with E-state index in [-0.39, 0.29) is 10.1 Å². The Hall–Kier alpha value is 0.440. The molecule has 1 nitrogen and oxygen atoms in total. The number of alkyl halides is 1. The fourth-order valence-electron chi connectivity index (χ4n) is 1.81. The molecule has 0 aromatic carbocycles. The third kappa shape index (κ3) is 3.44. The van der Waals surface area contributed by atoms with Gasteiger partial charge in [0.15, 0.2) is 0 Å². The third-order valence-corrected chi connectivity index (χ3v) is 3.83. The summed E-state index contributed by atoms with van der Waals surface area (Å²) in [4.78, 5) is 10.6. The molecule has 3 heteroatoms. The van der Waals surface area contributed by atoms with Crippen LogP contribution >= 0.6 is 27.5 Å². The number of halogens is 2. The lowest BCUT2D eigenvalue weighted by Crippen LogP contribution is -2.15. The van der Waals surface area contributed by atoms with Crippen LogP contribution in [0.4, 0.5) is 0 Å². The first-order valence-corrected chi connectivity index (χ1v) is 5.83. The molecule has 0 aromatic heterocycles. The largest absolute Gasteiger partial charge is 0.280 e. The van der Waals surface area contributed by atoms with Crippen LogP contribution in [0.3, 0.4) is 0 Å². The summed E-state index contributed by atoms with van der Waals surface area (Å²) in [5, 5.41) is -0.249. The van der Waals surface area contributed by atoms with Gasteiger partial charge in [-0.15, -0.1) is 0 Å². The fraction of sp³-hybridized carbons (Fsp3) is 0.889. The average Bonchev–Trinajstić information content (AvgIpc) is 2.06. The van der Waals surface area contributed by atoms with Crippen molar-refractivity contribution in [1.29, 1.82) is 0 Å². The zero-order chi connectivity index (χ0) is 8.97. The predicted molar refractivity (Wildman–Crippen MR) is 54.8 cm³/mol. The first-order chi connectivity index (χ1) is 5.70. The van der Waals surface area contributed by atoms with Crippen molar-refractivity contribution < 1.29 is 4.79 Å². The summed E-state index contributed by atoms with van der Waals surface area (Å²) in [5.74, 6) is 0.714. The van der Waals surface area contributed by atoms with Crippen LogP contribution in [0.5, 0.6) is 0 Å². The summed E-state index contributed by atoms with van der Waals surface area (Å²) in [6, 6.07) is 0. The van der Waals surface area contributed by atoms with E-state index in [1.807, 2.05) is 0 Å². The maximum atomic E-state index is 10.7. The molecule has 1 fully saturated rings. The highest BCUT2D eigenvalue weighted by Gasteiger charge is 2.20. The van der Waals surface area contributed by atoms with Gasteiger partial charge in [0.1, 0.15) is 0 Å². The van der Waals surface area contributed by atoms with Crippen LogP contribution in [-0.2, 0) is 4.79 Å².